The molecule has 1 aromatic heterocycles. The molecule has 1 heterocycles. The Kier molecular flexibility index (Phi) is 5.76. The number of rotatable bonds is 7. The van der Waals surface area contributed by atoms with Gasteiger partial charge in [-0.1, -0.05) is 13.8 Å². The van der Waals surface area contributed by atoms with Crippen LogP contribution in [0.1, 0.15) is 49.2 Å². The van der Waals surface area contributed by atoms with Crippen molar-refractivity contribution in [1.82, 2.24) is 5.32 Å². The van der Waals surface area contributed by atoms with Crippen LogP contribution in [0.15, 0.2) is 16.7 Å². The Labute approximate surface area is 118 Å². The summed E-state index contributed by atoms with van der Waals surface area (Å²) in [7, 11) is 1.34. The van der Waals surface area contributed by atoms with Crippen LogP contribution in [0.2, 0.25) is 0 Å². The minimum absolute atomic E-state index is 0.143. The van der Waals surface area contributed by atoms with Crippen molar-refractivity contribution >= 4 is 11.9 Å². The molecule has 0 unspecified atom stereocenters. The SMILES string of the molecule is CCC(CC)(CC(=O)OC)NC(=O)c1coc(CN)c1. The number of carbonyl (C=O) groups is 2. The maximum atomic E-state index is 12.2. The largest absolute Gasteiger partial charge is 0.469 e. The van der Waals surface area contributed by atoms with E-state index in [-0.39, 0.29) is 24.8 Å². The van der Waals surface area contributed by atoms with Gasteiger partial charge in [0.25, 0.3) is 5.91 Å². The molecule has 0 aromatic carbocycles. The Hall–Kier alpha value is -1.82. The lowest BCUT2D eigenvalue weighted by Gasteiger charge is -2.31. The van der Waals surface area contributed by atoms with Crippen molar-refractivity contribution in [2.75, 3.05) is 7.11 Å². The summed E-state index contributed by atoms with van der Waals surface area (Å²) in [6.45, 7) is 4.09. The zero-order valence-electron chi connectivity index (χ0n) is 12.2. The van der Waals surface area contributed by atoms with Gasteiger partial charge in [-0.2, -0.15) is 0 Å². The molecule has 0 radical (unpaired) electrons. The first-order chi connectivity index (χ1) is 9.50. The molecule has 1 rings (SSSR count). The fourth-order valence-corrected chi connectivity index (χ4v) is 1.99. The van der Waals surface area contributed by atoms with Crippen molar-refractivity contribution < 1.29 is 18.7 Å². The van der Waals surface area contributed by atoms with Gasteiger partial charge in [-0.15, -0.1) is 0 Å². The van der Waals surface area contributed by atoms with Crippen LogP contribution in [0, 0.1) is 0 Å². The molecule has 112 valence electrons. The molecule has 0 aliphatic rings. The molecule has 3 N–H and O–H groups in total. The van der Waals surface area contributed by atoms with Crippen LogP contribution in [0.25, 0.3) is 0 Å². The highest BCUT2D eigenvalue weighted by molar-refractivity contribution is 5.94. The Balaban J connectivity index is 2.83. The van der Waals surface area contributed by atoms with E-state index in [9.17, 15) is 9.59 Å². The smallest absolute Gasteiger partial charge is 0.307 e. The lowest BCUT2D eigenvalue weighted by atomic mass is 9.88. The van der Waals surface area contributed by atoms with Crippen molar-refractivity contribution in [2.45, 2.75) is 45.2 Å². The standard InChI is InChI=1S/C14H22N2O4/c1-4-14(5-2,7-12(17)19-3)16-13(18)10-6-11(8-15)20-9-10/h6,9H,4-5,7-8,15H2,1-3H3,(H,16,18). The van der Waals surface area contributed by atoms with Crippen LogP contribution in [0.3, 0.4) is 0 Å². The molecule has 1 aromatic rings. The van der Waals surface area contributed by atoms with E-state index in [1.165, 1.54) is 13.4 Å². The van der Waals surface area contributed by atoms with Gasteiger partial charge in [0.2, 0.25) is 0 Å². The Morgan fingerprint density at radius 2 is 2.05 bits per heavy atom. The van der Waals surface area contributed by atoms with Gasteiger partial charge in [0.05, 0.1) is 31.2 Å². The maximum Gasteiger partial charge on any atom is 0.307 e. The molecule has 0 atom stereocenters. The molecular weight excluding hydrogens is 260 g/mol. The molecular formula is C14H22N2O4. The Morgan fingerprint density at radius 3 is 2.50 bits per heavy atom. The number of ether oxygens (including phenoxy) is 1. The normalized spacial score (nSPS) is 11.2. The zero-order chi connectivity index (χ0) is 15.2. The lowest BCUT2D eigenvalue weighted by Crippen LogP contribution is -2.49. The third-order valence-electron chi connectivity index (χ3n) is 3.56. The summed E-state index contributed by atoms with van der Waals surface area (Å²) in [5.74, 6) is -0.0772. The average molecular weight is 282 g/mol. The van der Waals surface area contributed by atoms with Gasteiger partial charge < -0.3 is 20.2 Å². The third-order valence-corrected chi connectivity index (χ3v) is 3.56. The van der Waals surface area contributed by atoms with E-state index in [2.05, 4.69) is 5.32 Å². The number of esters is 1. The number of methoxy groups -OCH3 is 1. The highest BCUT2D eigenvalue weighted by Gasteiger charge is 2.32. The molecule has 0 saturated heterocycles. The van der Waals surface area contributed by atoms with E-state index in [0.717, 1.165) is 0 Å². The van der Waals surface area contributed by atoms with E-state index < -0.39 is 5.54 Å². The number of amides is 1. The predicted molar refractivity (Wildman–Crippen MR) is 74.0 cm³/mol. The fourth-order valence-electron chi connectivity index (χ4n) is 1.99. The maximum absolute atomic E-state index is 12.2. The summed E-state index contributed by atoms with van der Waals surface area (Å²) >= 11 is 0. The van der Waals surface area contributed by atoms with Crippen LogP contribution in [-0.4, -0.2) is 24.5 Å². The van der Waals surface area contributed by atoms with E-state index in [1.807, 2.05) is 13.8 Å². The molecule has 6 heteroatoms. The predicted octanol–water partition coefficient (Wildman–Crippen LogP) is 1.59. The molecule has 0 fully saturated rings. The van der Waals surface area contributed by atoms with Crippen molar-refractivity contribution in [3.63, 3.8) is 0 Å². The molecule has 0 saturated carbocycles. The first-order valence-corrected chi connectivity index (χ1v) is 6.67. The van der Waals surface area contributed by atoms with Crippen LogP contribution in [-0.2, 0) is 16.1 Å². The van der Waals surface area contributed by atoms with Gasteiger partial charge in [-0.05, 0) is 18.9 Å². The molecule has 1 amide bonds. The monoisotopic (exact) mass is 282 g/mol. The first-order valence-electron chi connectivity index (χ1n) is 6.67. The molecule has 0 bridgehead atoms. The average Bonchev–Trinajstić information content (AvgIpc) is 2.95. The number of furan rings is 1. The second-order valence-corrected chi connectivity index (χ2v) is 4.70. The van der Waals surface area contributed by atoms with Gasteiger partial charge in [0, 0.05) is 0 Å². The number of nitrogens with two attached hydrogens (primary N) is 1. The van der Waals surface area contributed by atoms with Crippen molar-refractivity contribution in [3.8, 4) is 0 Å². The van der Waals surface area contributed by atoms with Crippen molar-refractivity contribution in [1.29, 1.82) is 0 Å². The number of nitrogens with one attached hydrogen (secondary N) is 1. The lowest BCUT2D eigenvalue weighted by molar-refractivity contribution is -0.142. The van der Waals surface area contributed by atoms with E-state index >= 15 is 0 Å². The minimum Gasteiger partial charge on any atom is -0.469 e. The van der Waals surface area contributed by atoms with Gasteiger partial charge in [0.15, 0.2) is 0 Å². The quantitative estimate of drug-likeness (QED) is 0.740. The topological polar surface area (TPSA) is 94.6 Å². The number of carbonyl (C=O) groups excluding carboxylic acids is 2. The van der Waals surface area contributed by atoms with Crippen molar-refractivity contribution in [3.05, 3.63) is 23.7 Å². The highest BCUT2D eigenvalue weighted by Crippen LogP contribution is 2.21. The summed E-state index contributed by atoms with van der Waals surface area (Å²) in [5.41, 5.74) is 5.24. The molecule has 6 nitrogen and oxygen atoms in total. The second-order valence-electron chi connectivity index (χ2n) is 4.70. The van der Waals surface area contributed by atoms with Crippen LogP contribution >= 0.6 is 0 Å². The highest BCUT2D eigenvalue weighted by atomic mass is 16.5. The summed E-state index contributed by atoms with van der Waals surface area (Å²) in [6, 6.07) is 1.60. The van der Waals surface area contributed by atoms with Crippen LogP contribution in [0.4, 0.5) is 0 Å². The number of hydrogen-bond acceptors (Lipinski definition) is 5. The van der Waals surface area contributed by atoms with E-state index in [1.54, 1.807) is 6.07 Å². The molecule has 0 aliphatic heterocycles. The third kappa shape index (κ3) is 3.84. The molecule has 0 spiro atoms. The summed E-state index contributed by atoms with van der Waals surface area (Å²) in [6.07, 6.45) is 2.77. The molecule has 0 aliphatic carbocycles. The van der Waals surface area contributed by atoms with Gasteiger partial charge in [0.1, 0.15) is 12.0 Å². The number of hydrogen-bond donors (Lipinski definition) is 2. The second kappa shape index (κ2) is 7.09. The Morgan fingerprint density at radius 1 is 1.40 bits per heavy atom. The fraction of sp³-hybridized carbons (Fsp3) is 0.571. The Bertz CT molecular complexity index is 463. The summed E-state index contributed by atoms with van der Waals surface area (Å²) in [4.78, 5) is 23.7. The molecule has 20 heavy (non-hydrogen) atoms. The van der Waals surface area contributed by atoms with Crippen LogP contribution < -0.4 is 11.1 Å². The van der Waals surface area contributed by atoms with E-state index in [4.69, 9.17) is 14.9 Å². The van der Waals surface area contributed by atoms with Gasteiger partial charge in [-0.25, -0.2) is 0 Å². The summed E-state index contributed by atoms with van der Waals surface area (Å²) < 4.78 is 9.83. The van der Waals surface area contributed by atoms with E-state index in [0.29, 0.717) is 24.2 Å². The van der Waals surface area contributed by atoms with Crippen molar-refractivity contribution in [2.24, 2.45) is 5.73 Å². The van der Waals surface area contributed by atoms with Gasteiger partial charge in [-0.3, -0.25) is 9.59 Å². The summed E-state index contributed by atoms with van der Waals surface area (Å²) in [5, 5.41) is 2.91. The van der Waals surface area contributed by atoms with Crippen LogP contribution in [0.5, 0.6) is 0 Å². The first kappa shape index (κ1) is 16.2. The minimum atomic E-state index is -0.607. The zero-order valence-corrected chi connectivity index (χ0v) is 12.2. The van der Waals surface area contributed by atoms with Gasteiger partial charge >= 0.3 is 5.97 Å².